The van der Waals surface area contributed by atoms with E-state index in [1.54, 1.807) is 6.92 Å². The van der Waals surface area contributed by atoms with Gasteiger partial charge in [0.05, 0.1) is 0 Å². The molecule has 0 aromatic heterocycles. The molecule has 0 aliphatic heterocycles. The maximum Gasteiger partial charge on any atom is 0.369 e. The molecule has 0 aliphatic rings. The monoisotopic (exact) mass is 216 g/mol. The summed E-state index contributed by atoms with van der Waals surface area (Å²) in [5, 5.41) is 0. The second-order valence-corrected chi connectivity index (χ2v) is 2.67. The van der Waals surface area contributed by atoms with E-state index in [1.165, 1.54) is 0 Å². The molecule has 0 amide bonds. The Kier molecular flexibility index (Phi) is 6.01. The first-order chi connectivity index (χ1) is 7.01. The highest BCUT2D eigenvalue weighted by molar-refractivity contribution is 5.85. The van der Waals surface area contributed by atoms with Crippen LogP contribution in [0.25, 0.3) is 0 Å². The SMILES string of the molecule is C=CC(=O)OC(CCC)OC(=O)C(=C)F. The van der Waals surface area contributed by atoms with Gasteiger partial charge in [0.2, 0.25) is 12.1 Å². The Bertz CT molecular complexity index is 273. The van der Waals surface area contributed by atoms with Gasteiger partial charge < -0.3 is 9.47 Å². The zero-order valence-electron chi connectivity index (χ0n) is 8.49. The van der Waals surface area contributed by atoms with E-state index in [-0.39, 0.29) is 0 Å². The molecule has 0 aliphatic carbocycles. The quantitative estimate of drug-likeness (QED) is 0.386. The summed E-state index contributed by atoms with van der Waals surface area (Å²) < 4.78 is 21.5. The van der Waals surface area contributed by atoms with Crippen LogP contribution in [-0.2, 0) is 19.1 Å². The van der Waals surface area contributed by atoms with E-state index >= 15 is 0 Å². The van der Waals surface area contributed by atoms with Gasteiger partial charge in [0, 0.05) is 12.5 Å². The summed E-state index contributed by atoms with van der Waals surface area (Å²) in [6, 6.07) is 0. The summed E-state index contributed by atoms with van der Waals surface area (Å²) in [7, 11) is 0. The molecule has 0 spiro atoms. The van der Waals surface area contributed by atoms with Crippen LogP contribution in [0.2, 0.25) is 0 Å². The van der Waals surface area contributed by atoms with Gasteiger partial charge in [0.1, 0.15) is 0 Å². The first-order valence-electron chi connectivity index (χ1n) is 4.39. The number of halogens is 1. The van der Waals surface area contributed by atoms with E-state index in [0.717, 1.165) is 6.08 Å². The van der Waals surface area contributed by atoms with E-state index in [4.69, 9.17) is 0 Å². The van der Waals surface area contributed by atoms with Gasteiger partial charge in [-0.2, -0.15) is 4.39 Å². The standard InChI is InChI=1S/C10H13FO4/c1-4-6-9(14-8(12)5-2)15-10(13)7(3)11/h5,9H,2-4,6H2,1H3. The number of rotatable bonds is 6. The Morgan fingerprint density at radius 2 is 2.07 bits per heavy atom. The van der Waals surface area contributed by atoms with Crippen molar-refractivity contribution in [2.75, 3.05) is 0 Å². The fourth-order valence-corrected chi connectivity index (χ4v) is 0.739. The maximum absolute atomic E-state index is 12.3. The Balaban J connectivity index is 4.26. The molecule has 1 atom stereocenters. The van der Waals surface area contributed by atoms with Crippen molar-refractivity contribution in [3.05, 3.63) is 25.1 Å². The maximum atomic E-state index is 12.3. The van der Waals surface area contributed by atoms with Crippen molar-refractivity contribution in [2.45, 2.75) is 26.1 Å². The predicted octanol–water partition coefficient (Wildman–Crippen LogP) is 1.87. The molecular weight excluding hydrogens is 203 g/mol. The first kappa shape index (κ1) is 13.4. The zero-order valence-corrected chi connectivity index (χ0v) is 8.49. The molecule has 0 saturated carbocycles. The van der Waals surface area contributed by atoms with Crippen molar-refractivity contribution >= 4 is 11.9 Å². The van der Waals surface area contributed by atoms with Gasteiger partial charge in [-0.1, -0.05) is 20.1 Å². The highest BCUT2D eigenvalue weighted by atomic mass is 19.1. The highest BCUT2D eigenvalue weighted by Gasteiger charge is 2.18. The summed E-state index contributed by atoms with van der Waals surface area (Å²) >= 11 is 0. The van der Waals surface area contributed by atoms with Crippen LogP contribution in [0.4, 0.5) is 4.39 Å². The third-order valence-electron chi connectivity index (χ3n) is 1.40. The largest absolute Gasteiger partial charge is 0.422 e. The molecule has 1 unspecified atom stereocenters. The van der Waals surface area contributed by atoms with E-state index in [1.807, 2.05) is 0 Å². The van der Waals surface area contributed by atoms with Crippen molar-refractivity contribution in [1.29, 1.82) is 0 Å². The minimum atomic E-state index is -1.23. The van der Waals surface area contributed by atoms with Gasteiger partial charge in [-0.25, -0.2) is 9.59 Å². The van der Waals surface area contributed by atoms with Crippen LogP contribution >= 0.6 is 0 Å². The van der Waals surface area contributed by atoms with Crippen molar-refractivity contribution < 1.29 is 23.5 Å². The summed E-state index contributed by atoms with van der Waals surface area (Å²) in [6.45, 7) is 7.75. The number of esters is 2. The third-order valence-corrected chi connectivity index (χ3v) is 1.40. The minimum Gasteiger partial charge on any atom is -0.422 e. The molecule has 0 bridgehead atoms. The molecule has 0 fully saturated rings. The Labute approximate surface area is 87.4 Å². The molecule has 84 valence electrons. The smallest absolute Gasteiger partial charge is 0.369 e. The van der Waals surface area contributed by atoms with Crippen LogP contribution in [0.1, 0.15) is 19.8 Å². The highest BCUT2D eigenvalue weighted by Crippen LogP contribution is 2.08. The van der Waals surface area contributed by atoms with Crippen molar-refractivity contribution in [3.63, 3.8) is 0 Å². The molecule has 0 N–H and O–H groups in total. The number of hydrogen-bond donors (Lipinski definition) is 0. The lowest BCUT2D eigenvalue weighted by atomic mass is 10.3. The molecule has 0 radical (unpaired) electrons. The summed E-state index contributed by atoms with van der Waals surface area (Å²) in [5.74, 6) is -3.19. The molecule has 0 aromatic rings. The lowest BCUT2D eigenvalue weighted by molar-refractivity contribution is -0.183. The van der Waals surface area contributed by atoms with Crippen LogP contribution in [0, 0.1) is 0 Å². The summed E-state index contributed by atoms with van der Waals surface area (Å²) in [6.07, 6.45) is 0.737. The fraction of sp³-hybridized carbons (Fsp3) is 0.400. The minimum absolute atomic E-state index is 0.290. The van der Waals surface area contributed by atoms with Crippen LogP contribution < -0.4 is 0 Å². The van der Waals surface area contributed by atoms with Crippen LogP contribution in [0.3, 0.4) is 0 Å². The normalized spacial score (nSPS) is 11.3. The van der Waals surface area contributed by atoms with E-state index in [2.05, 4.69) is 22.6 Å². The predicted molar refractivity (Wildman–Crippen MR) is 51.3 cm³/mol. The Morgan fingerprint density at radius 3 is 2.47 bits per heavy atom. The van der Waals surface area contributed by atoms with Crippen molar-refractivity contribution in [1.82, 2.24) is 0 Å². The van der Waals surface area contributed by atoms with Crippen molar-refractivity contribution in [2.24, 2.45) is 0 Å². The van der Waals surface area contributed by atoms with Crippen LogP contribution in [0.15, 0.2) is 25.1 Å². The van der Waals surface area contributed by atoms with Crippen LogP contribution in [0.5, 0.6) is 0 Å². The van der Waals surface area contributed by atoms with Crippen molar-refractivity contribution in [3.8, 4) is 0 Å². The number of carbonyl (C=O) groups is 2. The second-order valence-electron chi connectivity index (χ2n) is 2.67. The molecule has 0 aromatic carbocycles. The van der Waals surface area contributed by atoms with Gasteiger partial charge >= 0.3 is 11.9 Å². The number of carbonyl (C=O) groups excluding carboxylic acids is 2. The van der Waals surface area contributed by atoms with Crippen LogP contribution in [-0.4, -0.2) is 18.2 Å². The molecule has 4 nitrogen and oxygen atoms in total. The molecular formula is C10H13FO4. The number of hydrogen-bond acceptors (Lipinski definition) is 4. The molecule has 0 heterocycles. The Morgan fingerprint density at radius 1 is 1.47 bits per heavy atom. The topological polar surface area (TPSA) is 52.6 Å². The van der Waals surface area contributed by atoms with E-state index in [0.29, 0.717) is 12.8 Å². The lowest BCUT2D eigenvalue weighted by Gasteiger charge is -2.15. The third kappa shape index (κ3) is 5.61. The first-order valence-corrected chi connectivity index (χ1v) is 4.39. The summed E-state index contributed by atoms with van der Waals surface area (Å²) in [5.41, 5.74) is 0. The number of ether oxygens (including phenoxy) is 2. The van der Waals surface area contributed by atoms with Gasteiger partial charge in [-0.3, -0.25) is 0 Å². The zero-order chi connectivity index (χ0) is 11.8. The average Bonchev–Trinajstić information content (AvgIpc) is 2.17. The Hall–Kier alpha value is -1.65. The average molecular weight is 216 g/mol. The fourth-order valence-electron chi connectivity index (χ4n) is 0.739. The van der Waals surface area contributed by atoms with E-state index < -0.39 is 24.1 Å². The second kappa shape index (κ2) is 6.75. The lowest BCUT2D eigenvalue weighted by Crippen LogP contribution is -2.23. The molecule has 5 heteroatoms. The molecule has 0 saturated heterocycles. The van der Waals surface area contributed by atoms with E-state index in [9.17, 15) is 14.0 Å². The van der Waals surface area contributed by atoms with Gasteiger partial charge in [0.25, 0.3) is 0 Å². The molecule has 0 rings (SSSR count). The summed E-state index contributed by atoms with van der Waals surface area (Å²) in [4.78, 5) is 21.6. The van der Waals surface area contributed by atoms with Gasteiger partial charge in [0.15, 0.2) is 0 Å². The molecule has 15 heavy (non-hydrogen) atoms. The van der Waals surface area contributed by atoms with Gasteiger partial charge in [-0.15, -0.1) is 0 Å². The van der Waals surface area contributed by atoms with Gasteiger partial charge in [-0.05, 0) is 6.42 Å².